The number of hydrogen-bond donors (Lipinski definition) is 1. The minimum absolute atomic E-state index is 0.0160. The molecule has 1 saturated carbocycles. The molecule has 0 amide bonds. The Bertz CT molecular complexity index is 199. The monoisotopic (exact) mass is 211 g/mol. The van der Waals surface area contributed by atoms with E-state index in [0.717, 1.165) is 6.54 Å². The van der Waals surface area contributed by atoms with Gasteiger partial charge in [0.05, 0.1) is 5.60 Å². The summed E-state index contributed by atoms with van der Waals surface area (Å²) >= 11 is 0. The highest BCUT2D eigenvalue weighted by molar-refractivity contribution is 4.97. The summed E-state index contributed by atoms with van der Waals surface area (Å²) in [5.74, 6) is 0. The van der Waals surface area contributed by atoms with Gasteiger partial charge in [0.2, 0.25) is 0 Å². The Morgan fingerprint density at radius 3 is 2.20 bits per heavy atom. The van der Waals surface area contributed by atoms with Gasteiger partial charge >= 0.3 is 0 Å². The van der Waals surface area contributed by atoms with Crippen molar-refractivity contribution in [3.63, 3.8) is 0 Å². The summed E-state index contributed by atoms with van der Waals surface area (Å²) in [6, 6.07) is 0. The van der Waals surface area contributed by atoms with Crippen LogP contribution in [0.25, 0.3) is 0 Å². The molecule has 1 aliphatic heterocycles. The van der Waals surface area contributed by atoms with E-state index in [0.29, 0.717) is 0 Å². The van der Waals surface area contributed by atoms with E-state index < -0.39 is 0 Å². The van der Waals surface area contributed by atoms with Gasteiger partial charge in [-0.3, -0.25) is 5.32 Å². The lowest BCUT2D eigenvalue weighted by Gasteiger charge is -2.53. The van der Waals surface area contributed by atoms with Gasteiger partial charge in [0.1, 0.15) is 5.72 Å². The molecular formula is C13H25NO. The number of hydrogen-bond acceptors (Lipinski definition) is 2. The standard InChI is InChI=1S/C13H25NO/c1-3-6-13(7-4-2)14-11-10-12(15-13)8-5-9-12/h14H,3-11H2,1-2H3. The molecule has 0 unspecified atom stereocenters. The van der Waals surface area contributed by atoms with Gasteiger partial charge in [-0.2, -0.15) is 0 Å². The number of nitrogens with one attached hydrogen (secondary N) is 1. The van der Waals surface area contributed by atoms with Crippen LogP contribution >= 0.6 is 0 Å². The topological polar surface area (TPSA) is 21.3 Å². The summed E-state index contributed by atoms with van der Waals surface area (Å²) in [4.78, 5) is 0. The van der Waals surface area contributed by atoms with E-state index in [-0.39, 0.29) is 11.3 Å². The summed E-state index contributed by atoms with van der Waals surface area (Å²) in [5.41, 5.74) is 0.289. The van der Waals surface area contributed by atoms with Gasteiger partial charge in [0.15, 0.2) is 0 Å². The zero-order chi connectivity index (χ0) is 10.8. The maximum atomic E-state index is 6.47. The van der Waals surface area contributed by atoms with Crippen LogP contribution in [0.4, 0.5) is 0 Å². The second kappa shape index (κ2) is 4.42. The largest absolute Gasteiger partial charge is 0.354 e. The molecule has 0 aromatic heterocycles. The smallest absolute Gasteiger partial charge is 0.119 e. The van der Waals surface area contributed by atoms with E-state index in [9.17, 15) is 0 Å². The quantitative estimate of drug-likeness (QED) is 0.771. The van der Waals surface area contributed by atoms with Crippen molar-refractivity contribution in [2.75, 3.05) is 6.54 Å². The third kappa shape index (κ3) is 2.21. The highest BCUT2D eigenvalue weighted by atomic mass is 16.5. The van der Waals surface area contributed by atoms with Gasteiger partial charge in [0, 0.05) is 6.54 Å². The predicted octanol–water partition coefficient (Wildman–Crippen LogP) is 3.22. The van der Waals surface area contributed by atoms with Crippen LogP contribution in [-0.2, 0) is 4.74 Å². The van der Waals surface area contributed by atoms with Crippen LogP contribution in [0.3, 0.4) is 0 Å². The van der Waals surface area contributed by atoms with E-state index >= 15 is 0 Å². The first kappa shape index (κ1) is 11.4. The van der Waals surface area contributed by atoms with Crippen molar-refractivity contribution in [2.24, 2.45) is 0 Å². The van der Waals surface area contributed by atoms with Gasteiger partial charge in [-0.05, 0) is 38.5 Å². The predicted molar refractivity (Wildman–Crippen MR) is 62.8 cm³/mol. The normalized spacial score (nSPS) is 27.6. The Morgan fingerprint density at radius 1 is 1.07 bits per heavy atom. The number of rotatable bonds is 4. The van der Waals surface area contributed by atoms with Crippen LogP contribution < -0.4 is 5.32 Å². The fraction of sp³-hybridized carbons (Fsp3) is 1.00. The van der Waals surface area contributed by atoms with E-state index in [1.54, 1.807) is 0 Å². The highest BCUT2D eigenvalue weighted by Crippen LogP contribution is 2.45. The van der Waals surface area contributed by atoms with E-state index in [1.807, 2.05) is 0 Å². The molecule has 1 saturated heterocycles. The molecule has 0 atom stereocenters. The summed E-state index contributed by atoms with van der Waals surface area (Å²) in [5, 5.41) is 3.64. The zero-order valence-corrected chi connectivity index (χ0v) is 10.3. The Balaban J connectivity index is 2.02. The van der Waals surface area contributed by atoms with Crippen LogP contribution in [0.1, 0.15) is 65.2 Å². The first-order valence-electron chi connectivity index (χ1n) is 6.69. The second-order valence-electron chi connectivity index (χ2n) is 5.31. The molecule has 1 spiro atoms. The van der Waals surface area contributed by atoms with Crippen molar-refractivity contribution in [1.29, 1.82) is 0 Å². The molecule has 2 heteroatoms. The van der Waals surface area contributed by atoms with Gasteiger partial charge in [-0.15, -0.1) is 0 Å². The molecule has 15 heavy (non-hydrogen) atoms. The van der Waals surface area contributed by atoms with Crippen molar-refractivity contribution >= 4 is 0 Å². The summed E-state index contributed by atoms with van der Waals surface area (Å²) < 4.78 is 6.47. The minimum Gasteiger partial charge on any atom is -0.354 e. The SMILES string of the molecule is CCCC1(CCC)NCCC2(CCC2)O1. The average Bonchev–Trinajstić information content (AvgIpc) is 2.16. The van der Waals surface area contributed by atoms with E-state index in [2.05, 4.69) is 19.2 Å². The third-order valence-corrected chi connectivity index (χ3v) is 4.01. The van der Waals surface area contributed by atoms with E-state index in [1.165, 1.54) is 51.4 Å². The van der Waals surface area contributed by atoms with Crippen LogP contribution in [-0.4, -0.2) is 17.9 Å². The molecule has 0 bridgehead atoms. The maximum Gasteiger partial charge on any atom is 0.119 e. The molecule has 2 nitrogen and oxygen atoms in total. The molecule has 1 heterocycles. The van der Waals surface area contributed by atoms with Crippen molar-refractivity contribution in [3.8, 4) is 0 Å². The van der Waals surface area contributed by atoms with Crippen LogP contribution in [0.5, 0.6) is 0 Å². The highest BCUT2D eigenvalue weighted by Gasteiger charge is 2.47. The lowest BCUT2D eigenvalue weighted by molar-refractivity contribution is -0.236. The van der Waals surface area contributed by atoms with Crippen LogP contribution in [0.2, 0.25) is 0 Å². The lowest BCUT2D eigenvalue weighted by Crippen LogP contribution is -2.61. The Hall–Kier alpha value is -0.0800. The first-order valence-corrected chi connectivity index (χ1v) is 6.69. The van der Waals surface area contributed by atoms with Crippen molar-refractivity contribution < 1.29 is 4.74 Å². The fourth-order valence-corrected chi connectivity index (χ4v) is 3.15. The van der Waals surface area contributed by atoms with Crippen molar-refractivity contribution in [3.05, 3.63) is 0 Å². The molecule has 2 rings (SSSR count). The minimum atomic E-state index is 0.0160. The molecule has 88 valence electrons. The summed E-state index contributed by atoms with van der Waals surface area (Å²) in [6.45, 7) is 5.66. The molecule has 1 aliphatic carbocycles. The van der Waals surface area contributed by atoms with Gasteiger partial charge in [-0.25, -0.2) is 0 Å². The van der Waals surface area contributed by atoms with Gasteiger partial charge in [-0.1, -0.05) is 26.7 Å². The molecule has 2 aliphatic rings. The van der Waals surface area contributed by atoms with Gasteiger partial charge in [0.25, 0.3) is 0 Å². The third-order valence-electron chi connectivity index (χ3n) is 4.01. The maximum absolute atomic E-state index is 6.47. The average molecular weight is 211 g/mol. The van der Waals surface area contributed by atoms with E-state index in [4.69, 9.17) is 4.74 Å². The van der Waals surface area contributed by atoms with Crippen molar-refractivity contribution in [2.45, 2.75) is 76.5 Å². The molecule has 0 radical (unpaired) electrons. The zero-order valence-electron chi connectivity index (χ0n) is 10.3. The lowest BCUT2D eigenvalue weighted by atomic mass is 9.75. The Morgan fingerprint density at radius 2 is 1.73 bits per heavy atom. The molecule has 0 aromatic carbocycles. The molecule has 1 N–H and O–H groups in total. The fourth-order valence-electron chi connectivity index (χ4n) is 3.15. The number of ether oxygens (including phenoxy) is 1. The van der Waals surface area contributed by atoms with Crippen LogP contribution in [0, 0.1) is 0 Å². The molecule has 2 fully saturated rings. The van der Waals surface area contributed by atoms with Crippen LogP contribution in [0.15, 0.2) is 0 Å². The van der Waals surface area contributed by atoms with Crippen molar-refractivity contribution in [1.82, 2.24) is 5.32 Å². The summed E-state index contributed by atoms with van der Waals surface area (Å²) in [6.07, 6.45) is 9.95. The molecular weight excluding hydrogens is 186 g/mol. The Kier molecular flexibility index (Phi) is 3.36. The first-order chi connectivity index (χ1) is 7.24. The Labute approximate surface area is 93.8 Å². The molecule has 0 aromatic rings. The second-order valence-corrected chi connectivity index (χ2v) is 5.31. The summed E-state index contributed by atoms with van der Waals surface area (Å²) in [7, 11) is 0. The van der Waals surface area contributed by atoms with Gasteiger partial charge < -0.3 is 4.74 Å².